The average molecular weight is 312 g/mol. The second kappa shape index (κ2) is 9.80. The van der Waals surface area contributed by atoms with E-state index in [4.69, 9.17) is 4.74 Å². The molecule has 3 nitrogen and oxygen atoms in total. The third-order valence-corrected chi connectivity index (χ3v) is 4.07. The van der Waals surface area contributed by atoms with Crippen molar-refractivity contribution in [3.05, 3.63) is 35.9 Å². The van der Waals surface area contributed by atoms with Gasteiger partial charge >= 0.3 is 5.97 Å². The van der Waals surface area contributed by atoms with E-state index in [1.54, 1.807) is 0 Å². The van der Waals surface area contributed by atoms with Crippen LogP contribution in [0.5, 0.6) is 0 Å². The summed E-state index contributed by atoms with van der Waals surface area (Å²) in [4.78, 5) is 11.7. The van der Waals surface area contributed by atoms with Crippen LogP contribution in [-0.2, 0) is 16.1 Å². The quantitative estimate of drug-likeness (QED) is 0.816. The molecule has 1 aromatic carbocycles. The molecule has 0 atom stereocenters. The molecule has 1 aromatic rings. The van der Waals surface area contributed by atoms with Gasteiger partial charge in [0.1, 0.15) is 0 Å². The highest BCUT2D eigenvalue weighted by atomic mass is 35.5. The number of halogens is 1. The van der Waals surface area contributed by atoms with Gasteiger partial charge < -0.3 is 10.1 Å². The fourth-order valence-corrected chi connectivity index (χ4v) is 2.88. The van der Waals surface area contributed by atoms with E-state index in [-0.39, 0.29) is 24.3 Å². The molecule has 1 aliphatic rings. The minimum absolute atomic E-state index is 0. The Bertz CT molecular complexity index is 403. The zero-order valence-corrected chi connectivity index (χ0v) is 13.5. The van der Waals surface area contributed by atoms with Crippen LogP contribution in [-0.4, -0.2) is 19.1 Å². The van der Waals surface area contributed by atoms with Gasteiger partial charge in [-0.1, -0.05) is 30.3 Å². The van der Waals surface area contributed by atoms with E-state index in [9.17, 15) is 4.79 Å². The van der Waals surface area contributed by atoms with Crippen LogP contribution in [0.15, 0.2) is 30.3 Å². The Morgan fingerprint density at radius 2 is 1.86 bits per heavy atom. The summed E-state index contributed by atoms with van der Waals surface area (Å²) in [5, 5.41) is 3.52. The van der Waals surface area contributed by atoms with E-state index in [0.29, 0.717) is 12.5 Å². The van der Waals surface area contributed by atoms with Crippen molar-refractivity contribution in [1.29, 1.82) is 0 Å². The van der Waals surface area contributed by atoms with Crippen molar-refractivity contribution in [2.24, 2.45) is 11.8 Å². The van der Waals surface area contributed by atoms with Crippen LogP contribution in [0, 0.1) is 11.8 Å². The summed E-state index contributed by atoms with van der Waals surface area (Å²) in [7, 11) is 0. The van der Waals surface area contributed by atoms with E-state index < -0.39 is 0 Å². The van der Waals surface area contributed by atoms with Gasteiger partial charge in [-0.25, -0.2) is 0 Å². The topological polar surface area (TPSA) is 38.3 Å². The van der Waals surface area contributed by atoms with E-state index in [2.05, 4.69) is 29.6 Å². The molecule has 0 saturated heterocycles. The maximum atomic E-state index is 11.7. The van der Waals surface area contributed by atoms with Crippen molar-refractivity contribution >= 4 is 18.4 Å². The second-order valence-electron chi connectivity index (χ2n) is 5.59. The van der Waals surface area contributed by atoms with Crippen LogP contribution >= 0.6 is 12.4 Å². The molecular weight excluding hydrogens is 286 g/mol. The molecule has 1 N–H and O–H groups in total. The predicted octanol–water partition coefficient (Wildman–Crippen LogP) is 3.57. The average Bonchev–Trinajstić information content (AvgIpc) is 2.49. The van der Waals surface area contributed by atoms with Gasteiger partial charge in [0.15, 0.2) is 0 Å². The van der Waals surface area contributed by atoms with E-state index in [1.165, 1.54) is 5.56 Å². The molecule has 0 amide bonds. The Morgan fingerprint density at radius 1 is 1.19 bits per heavy atom. The molecule has 0 radical (unpaired) electrons. The number of carbonyl (C=O) groups excluding carboxylic acids is 1. The normalized spacial score (nSPS) is 21.4. The van der Waals surface area contributed by atoms with Crippen molar-refractivity contribution in [3.8, 4) is 0 Å². The standard InChI is InChI=1S/C17H25NO2.ClH/c1-2-20-17(19)16-10-8-15(9-11-16)13-18-12-14-6-4-3-5-7-14;/h3-7,15-16,18H,2,8-13H2,1H3;1H. The van der Waals surface area contributed by atoms with Crippen molar-refractivity contribution < 1.29 is 9.53 Å². The fraction of sp³-hybridized carbons (Fsp3) is 0.588. The lowest BCUT2D eigenvalue weighted by atomic mass is 9.82. The maximum absolute atomic E-state index is 11.7. The van der Waals surface area contributed by atoms with Gasteiger partial charge in [-0.3, -0.25) is 4.79 Å². The summed E-state index contributed by atoms with van der Waals surface area (Å²) in [6.45, 7) is 4.34. The Morgan fingerprint density at radius 3 is 2.48 bits per heavy atom. The van der Waals surface area contributed by atoms with Crippen LogP contribution in [0.1, 0.15) is 38.2 Å². The zero-order chi connectivity index (χ0) is 14.2. The molecule has 2 rings (SSSR count). The van der Waals surface area contributed by atoms with Gasteiger partial charge in [0.25, 0.3) is 0 Å². The lowest BCUT2D eigenvalue weighted by molar-refractivity contribution is -0.149. The molecule has 4 heteroatoms. The van der Waals surface area contributed by atoms with Gasteiger partial charge in [0.2, 0.25) is 0 Å². The van der Waals surface area contributed by atoms with Gasteiger partial charge in [-0.05, 0) is 50.6 Å². The molecule has 0 bridgehead atoms. The van der Waals surface area contributed by atoms with Crippen LogP contribution < -0.4 is 5.32 Å². The number of hydrogen-bond donors (Lipinski definition) is 1. The minimum atomic E-state index is 0. The summed E-state index contributed by atoms with van der Waals surface area (Å²) in [6, 6.07) is 10.5. The second-order valence-corrected chi connectivity index (χ2v) is 5.59. The molecule has 1 saturated carbocycles. The first-order chi connectivity index (χ1) is 9.79. The number of carbonyl (C=O) groups is 1. The zero-order valence-electron chi connectivity index (χ0n) is 12.7. The molecule has 0 unspecified atom stereocenters. The molecule has 0 aliphatic heterocycles. The summed E-state index contributed by atoms with van der Waals surface area (Å²) in [5.41, 5.74) is 1.33. The molecule has 0 heterocycles. The third-order valence-electron chi connectivity index (χ3n) is 4.07. The lowest BCUT2D eigenvalue weighted by Crippen LogP contribution is -2.29. The van der Waals surface area contributed by atoms with Crippen LogP contribution in [0.4, 0.5) is 0 Å². The number of benzene rings is 1. The van der Waals surface area contributed by atoms with Crippen molar-refractivity contribution in [2.45, 2.75) is 39.2 Å². The number of hydrogen-bond acceptors (Lipinski definition) is 3. The number of rotatable bonds is 6. The van der Waals surface area contributed by atoms with Crippen LogP contribution in [0.3, 0.4) is 0 Å². The molecule has 118 valence electrons. The van der Waals surface area contributed by atoms with E-state index in [0.717, 1.165) is 38.8 Å². The highest BCUT2D eigenvalue weighted by Gasteiger charge is 2.26. The van der Waals surface area contributed by atoms with E-state index in [1.807, 2.05) is 13.0 Å². The molecule has 0 spiro atoms. The number of nitrogens with one attached hydrogen (secondary N) is 1. The van der Waals surface area contributed by atoms with Crippen molar-refractivity contribution in [2.75, 3.05) is 13.2 Å². The lowest BCUT2D eigenvalue weighted by Gasteiger charge is -2.27. The summed E-state index contributed by atoms with van der Waals surface area (Å²) < 4.78 is 5.10. The Labute approximate surface area is 133 Å². The van der Waals surface area contributed by atoms with Crippen LogP contribution in [0.25, 0.3) is 0 Å². The van der Waals surface area contributed by atoms with E-state index >= 15 is 0 Å². The van der Waals surface area contributed by atoms with Gasteiger partial charge in [0.05, 0.1) is 12.5 Å². The molecule has 21 heavy (non-hydrogen) atoms. The highest BCUT2D eigenvalue weighted by Crippen LogP contribution is 2.29. The maximum Gasteiger partial charge on any atom is 0.308 e. The highest BCUT2D eigenvalue weighted by molar-refractivity contribution is 5.85. The largest absolute Gasteiger partial charge is 0.466 e. The fourth-order valence-electron chi connectivity index (χ4n) is 2.88. The first kappa shape index (κ1) is 18.0. The van der Waals surface area contributed by atoms with Gasteiger partial charge in [-0.2, -0.15) is 0 Å². The molecule has 1 fully saturated rings. The van der Waals surface area contributed by atoms with Crippen LogP contribution in [0.2, 0.25) is 0 Å². The monoisotopic (exact) mass is 311 g/mol. The summed E-state index contributed by atoms with van der Waals surface area (Å²) in [6.07, 6.45) is 4.23. The summed E-state index contributed by atoms with van der Waals surface area (Å²) in [5.74, 6) is 0.841. The number of esters is 1. The van der Waals surface area contributed by atoms with Crippen molar-refractivity contribution in [1.82, 2.24) is 5.32 Å². The Hall–Kier alpha value is -1.06. The Balaban J connectivity index is 0.00000220. The summed E-state index contributed by atoms with van der Waals surface area (Å²) >= 11 is 0. The van der Waals surface area contributed by atoms with Gasteiger partial charge in [-0.15, -0.1) is 12.4 Å². The predicted molar refractivity (Wildman–Crippen MR) is 87.5 cm³/mol. The van der Waals surface area contributed by atoms with Gasteiger partial charge in [0, 0.05) is 6.54 Å². The molecule has 0 aromatic heterocycles. The third kappa shape index (κ3) is 6.06. The first-order valence-corrected chi connectivity index (χ1v) is 7.71. The first-order valence-electron chi connectivity index (χ1n) is 7.71. The SMILES string of the molecule is CCOC(=O)C1CCC(CNCc2ccccc2)CC1.Cl. The number of ether oxygens (including phenoxy) is 1. The smallest absolute Gasteiger partial charge is 0.308 e. The minimum Gasteiger partial charge on any atom is -0.466 e. The van der Waals surface area contributed by atoms with Crippen molar-refractivity contribution in [3.63, 3.8) is 0 Å². The Kier molecular flexibility index (Phi) is 8.40. The molecule has 1 aliphatic carbocycles. The molecular formula is C17H26ClNO2.